The predicted molar refractivity (Wildman–Crippen MR) is 96.9 cm³/mol. The summed E-state index contributed by atoms with van der Waals surface area (Å²) < 4.78 is 0. The van der Waals surface area contributed by atoms with Crippen LogP contribution in [0.4, 0.5) is 0 Å². The molecule has 0 fully saturated rings. The van der Waals surface area contributed by atoms with E-state index in [0.29, 0.717) is 6.42 Å². The Balaban J connectivity index is 2.95. The van der Waals surface area contributed by atoms with Gasteiger partial charge in [-0.25, -0.2) is 0 Å². The molecule has 0 aromatic carbocycles. The maximum absolute atomic E-state index is 10.6. The van der Waals surface area contributed by atoms with Gasteiger partial charge in [-0.2, -0.15) is 0 Å². The van der Waals surface area contributed by atoms with Crippen LogP contribution < -0.4 is 5.73 Å². The molecule has 126 valence electrons. The number of nitrogens with two attached hydrogens (primary N) is 1. The molecule has 0 aliphatic rings. The van der Waals surface area contributed by atoms with E-state index in [1.807, 2.05) is 0 Å². The zero-order valence-corrected chi connectivity index (χ0v) is 15.5. The molecule has 2 nitrogen and oxygen atoms in total. The fourth-order valence-electron chi connectivity index (χ4n) is 2.69. The highest BCUT2D eigenvalue weighted by atomic mass is 79.9. The molecule has 0 radical (unpaired) electrons. The lowest BCUT2D eigenvalue weighted by Crippen LogP contribution is -2.09. The first-order valence-corrected chi connectivity index (χ1v) is 10.2. The van der Waals surface area contributed by atoms with Gasteiger partial charge < -0.3 is 5.73 Å². The quantitative estimate of drug-likeness (QED) is 0.246. The Bertz CT molecular complexity index is 221. The van der Waals surface area contributed by atoms with Crippen LogP contribution in [0.5, 0.6) is 0 Å². The van der Waals surface area contributed by atoms with Gasteiger partial charge in [-0.05, 0) is 12.8 Å². The number of hydrogen-bond acceptors (Lipinski definition) is 1. The first-order chi connectivity index (χ1) is 10.3. The van der Waals surface area contributed by atoms with Gasteiger partial charge in [0.15, 0.2) is 0 Å². The summed E-state index contributed by atoms with van der Waals surface area (Å²) in [5.41, 5.74) is 5.11. The van der Waals surface area contributed by atoms with Crippen LogP contribution in [0.15, 0.2) is 0 Å². The van der Waals surface area contributed by atoms with Gasteiger partial charge in [0.1, 0.15) is 0 Å². The van der Waals surface area contributed by atoms with Crippen molar-refractivity contribution in [3.63, 3.8) is 0 Å². The standard InChI is InChI=1S/C18H36BrNO/c19-17-15-13-11-9-7-5-3-1-2-4-6-8-10-12-14-16-18(20)21/h1-17H2,(H2,20,21). The third kappa shape index (κ3) is 19.9. The lowest BCUT2D eigenvalue weighted by molar-refractivity contribution is -0.118. The summed E-state index contributed by atoms with van der Waals surface area (Å²) in [4.78, 5) is 10.6. The zero-order chi connectivity index (χ0) is 15.6. The SMILES string of the molecule is NC(=O)CCCCCCCCCCCCCCCCCBr. The number of rotatable bonds is 17. The number of hydrogen-bond donors (Lipinski definition) is 1. The number of halogens is 1. The minimum Gasteiger partial charge on any atom is -0.370 e. The van der Waals surface area contributed by atoms with E-state index in [9.17, 15) is 4.79 Å². The van der Waals surface area contributed by atoms with E-state index in [1.54, 1.807) is 0 Å². The van der Waals surface area contributed by atoms with Crippen LogP contribution in [0.25, 0.3) is 0 Å². The van der Waals surface area contributed by atoms with Gasteiger partial charge in [0.25, 0.3) is 0 Å². The van der Waals surface area contributed by atoms with Gasteiger partial charge in [0.2, 0.25) is 5.91 Å². The lowest BCUT2D eigenvalue weighted by Gasteiger charge is -2.03. The molecule has 0 aliphatic carbocycles. The molecule has 0 aliphatic heterocycles. The Kier molecular flexibility index (Phi) is 18.0. The summed E-state index contributed by atoms with van der Waals surface area (Å²) in [7, 11) is 0. The van der Waals surface area contributed by atoms with E-state index in [1.165, 1.54) is 83.5 Å². The molecule has 2 N–H and O–H groups in total. The van der Waals surface area contributed by atoms with Crippen molar-refractivity contribution in [2.75, 3.05) is 5.33 Å². The number of carbonyl (C=O) groups is 1. The van der Waals surface area contributed by atoms with Crippen LogP contribution in [0, 0.1) is 0 Å². The summed E-state index contributed by atoms with van der Waals surface area (Å²) in [6, 6.07) is 0. The number of carbonyl (C=O) groups excluding carboxylic acids is 1. The van der Waals surface area contributed by atoms with Gasteiger partial charge in [-0.1, -0.05) is 99.4 Å². The second kappa shape index (κ2) is 18.0. The molecule has 0 unspecified atom stereocenters. The summed E-state index contributed by atoms with van der Waals surface area (Å²) in [5, 5.41) is 1.16. The normalized spacial score (nSPS) is 10.9. The molecule has 0 atom stereocenters. The minimum atomic E-state index is -0.155. The van der Waals surface area contributed by atoms with Crippen molar-refractivity contribution in [2.24, 2.45) is 5.73 Å². The Hall–Kier alpha value is -0.0500. The maximum atomic E-state index is 10.6. The van der Waals surface area contributed by atoms with E-state index in [2.05, 4.69) is 15.9 Å². The average molecular weight is 362 g/mol. The van der Waals surface area contributed by atoms with Gasteiger partial charge in [0.05, 0.1) is 0 Å². The second-order valence-electron chi connectivity index (χ2n) is 6.21. The summed E-state index contributed by atoms with van der Waals surface area (Å²) in [6.07, 6.45) is 20.7. The molecular weight excluding hydrogens is 326 g/mol. The molecule has 0 aromatic rings. The lowest BCUT2D eigenvalue weighted by atomic mass is 10.0. The van der Waals surface area contributed by atoms with E-state index in [-0.39, 0.29) is 5.91 Å². The predicted octanol–water partition coefficient (Wildman–Crippen LogP) is 6.11. The van der Waals surface area contributed by atoms with Crippen LogP contribution >= 0.6 is 15.9 Å². The molecule has 21 heavy (non-hydrogen) atoms. The van der Waals surface area contributed by atoms with Crippen molar-refractivity contribution in [2.45, 2.75) is 103 Å². The zero-order valence-electron chi connectivity index (χ0n) is 13.9. The number of primary amides is 1. The monoisotopic (exact) mass is 361 g/mol. The topological polar surface area (TPSA) is 43.1 Å². The Morgan fingerprint density at radius 3 is 1.14 bits per heavy atom. The van der Waals surface area contributed by atoms with E-state index >= 15 is 0 Å². The summed E-state index contributed by atoms with van der Waals surface area (Å²) in [5.74, 6) is -0.155. The van der Waals surface area contributed by atoms with Gasteiger partial charge in [0, 0.05) is 11.8 Å². The number of amides is 1. The second-order valence-corrected chi connectivity index (χ2v) is 7.00. The highest BCUT2D eigenvalue weighted by Crippen LogP contribution is 2.13. The van der Waals surface area contributed by atoms with Gasteiger partial charge >= 0.3 is 0 Å². The number of unbranched alkanes of at least 4 members (excludes halogenated alkanes) is 14. The molecule has 0 heterocycles. The average Bonchev–Trinajstić information content (AvgIpc) is 2.46. The molecule has 0 saturated heterocycles. The Morgan fingerprint density at radius 1 is 0.571 bits per heavy atom. The third-order valence-electron chi connectivity index (χ3n) is 4.06. The first kappa shape index (κ1) is 20.9. The van der Waals surface area contributed by atoms with Gasteiger partial charge in [-0.15, -0.1) is 0 Å². The fourth-order valence-corrected chi connectivity index (χ4v) is 3.09. The highest BCUT2D eigenvalue weighted by Gasteiger charge is 1.96. The molecular formula is C18H36BrNO. The molecule has 3 heteroatoms. The molecule has 0 aromatic heterocycles. The molecule has 0 bridgehead atoms. The van der Waals surface area contributed by atoms with Crippen molar-refractivity contribution >= 4 is 21.8 Å². The van der Waals surface area contributed by atoms with Crippen LogP contribution in [0.2, 0.25) is 0 Å². The highest BCUT2D eigenvalue weighted by molar-refractivity contribution is 9.09. The van der Waals surface area contributed by atoms with Crippen molar-refractivity contribution in [1.29, 1.82) is 0 Å². The van der Waals surface area contributed by atoms with Gasteiger partial charge in [-0.3, -0.25) is 4.79 Å². The fraction of sp³-hybridized carbons (Fsp3) is 0.944. The number of alkyl halides is 1. The van der Waals surface area contributed by atoms with Crippen LogP contribution in [-0.4, -0.2) is 11.2 Å². The van der Waals surface area contributed by atoms with Crippen molar-refractivity contribution in [1.82, 2.24) is 0 Å². The Labute approximate surface area is 140 Å². The summed E-state index contributed by atoms with van der Waals surface area (Å²) >= 11 is 3.48. The smallest absolute Gasteiger partial charge is 0.217 e. The first-order valence-electron chi connectivity index (χ1n) is 9.11. The van der Waals surface area contributed by atoms with E-state index in [4.69, 9.17) is 5.73 Å². The summed E-state index contributed by atoms with van der Waals surface area (Å²) in [6.45, 7) is 0. The van der Waals surface area contributed by atoms with Crippen LogP contribution in [-0.2, 0) is 4.79 Å². The van der Waals surface area contributed by atoms with Crippen molar-refractivity contribution in [3.8, 4) is 0 Å². The van der Waals surface area contributed by atoms with Crippen molar-refractivity contribution < 1.29 is 4.79 Å². The largest absolute Gasteiger partial charge is 0.370 e. The van der Waals surface area contributed by atoms with Crippen LogP contribution in [0.3, 0.4) is 0 Å². The Morgan fingerprint density at radius 2 is 0.857 bits per heavy atom. The molecule has 0 rings (SSSR count). The van der Waals surface area contributed by atoms with E-state index in [0.717, 1.165) is 18.2 Å². The maximum Gasteiger partial charge on any atom is 0.217 e. The molecule has 0 saturated carbocycles. The van der Waals surface area contributed by atoms with E-state index < -0.39 is 0 Å². The molecule has 1 amide bonds. The van der Waals surface area contributed by atoms with Crippen molar-refractivity contribution in [3.05, 3.63) is 0 Å². The van der Waals surface area contributed by atoms with Crippen LogP contribution in [0.1, 0.15) is 103 Å². The minimum absolute atomic E-state index is 0.155. The third-order valence-corrected chi connectivity index (χ3v) is 4.62. The molecule has 0 spiro atoms.